The van der Waals surface area contributed by atoms with Crippen LogP contribution in [-0.4, -0.2) is 41.4 Å². The summed E-state index contributed by atoms with van der Waals surface area (Å²) in [6.07, 6.45) is -1.31. The van der Waals surface area contributed by atoms with Gasteiger partial charge in [-0.05, 0) is 24.6 Å². The fourth-order valence-corrected chi connectivity index (χ4v) is 2.56. The molecule has 12 heteroatoms. The second-order valence-electron chi connectivity index (χ2n) is 6.40. The van der Waals surface area contributed by atoms with E-state index in [1.807, 2.05) is 11.4 Å². The number of hydrogen-bond donors (Lipinski definition) is 3. The number of imide groups is 1. The van der Waals surface area contributed by atoms with E-state index in [-0.39, 0.29) is 17.1 Å². The van der Waals surface area contributed by atoms with Crippen LogP contribution in [0.25, 0.3) is 0 Å². The molecule has 2 rings (SSSR count). The molecule has 0 saturated heterocycles. The molecule has 0 aliphatic heterocycles. The van der Waals surface area contributed by atoms with Crippen LogP contribution in [-0.2, 0) is 20.9 Å². The van der Waals surface area contributed by atoms with Crippen LogP contribution in [0.15, 0.2) is 48.5 Å². The molecule has 2 aromatic rings. The normalized spacial score (nSPS) is 11.1. The van der Waals surface area contributed by atoms with Crippen LogP contribution in [0, 0.1) is 10.1 Å². The van der Waals surface area contributed by atoms with E-state index in [2.05, 4.69) is 10.6 Å². The van der Waals surface area contributed by atoms with Gasteiger partial charge in [0.2, 0.25) is 0 Å². The predicted octanol–water partition coefficient (Wildman–Crippen LogP) is 1.94. The van der Waals surface area contributed by atoms with Crippen LogP contribution in [0.5, 0.6) is 0 Å². The molecule has 0 heterocycles. The number of carbonyl (C=O) groups excluding carboxylic acids is 4. The molecule has 32 heavy (non-hydrogen) atoms. The van der Waals surface area contributed by atoms with Crippen molar-refractivity contribution in [1.82, 2.24) is 16.0 Å². The molecule has 2 aromatic carbocycles. The number of halogens is 1. The first-order valence-corrected chi connectivity index (χ1v) is 9.59. The van der Waals surface area contributed by atoms with E-state index in [9.17, 15) is 29.3 Å². The minimum absolute atomic E-state index is 0.0882. The van der Waals surface area contributed by atoms with Crippen molar-refractivity contribution in [3.05, 3.63) is 74.8 Å². The maximum atomic E-state index is 12.1. The molecular weight excluding hydrogens is 444 g/mol. The van der Waals surface area contributed by atoms with Crippen LogP contribution in [0.4, 0.5) is 10.5 Å². The summed E-state index contributed by atoms with van der Waals surface area (Å²) in [5, 5.41) is 17.5. The molecule has 0 fully saturated rings. The molecule has 1 unspecified atom stereocenters. The fraction of sp³-hybridized carbons (Fsp3) is 0.200. The van der Waals surface area contributed by atoms with Crippen LogP contribution in [0.3, 0.4) is 0 Å². The summed E-state index contributed by atoms with van der Waals surface area (Å²) in [7, 11) is 0. The second kappa shape index (κ2) is 11.4. The smallest absolute Gasteiger partial charge is 0.326 e. The molecule has 1 atom stereocenters. The largest absolute Gasteiger partial charge is 0.451 e. The summed E-state index contributed by atoms with van der Waals surface area (Å²) in [4.78, 5) is 57.9. The van der Waals surface area contributed by atoms with Gasteiger partial charge in [0, 0.05) is 18.2 Å². The van der Waals surface area contributed by atoms with E-state index in [0.29, 0.717) is 0 Å². The van der Waals surface area contributed by atoms with Crippen molar-refractivity contribution in [3.63, 3.8) is 0 Å². The van der Waals surface area contributed by atoms with Crippen LogP contribution in [0.1, 0.15) is 22.8 Å². The number of nitro groups is 1. The number of urea groups is 1. The lowest BCUT2D eigenvalue weighted by molar-refractivity contribution is -0.384. The van der Waals surface area contributed by atoms with Crippen LogP contribution < -0.4 is 16.0 Å². The van der Waals surface area contributed by atoms with E-state index < -0.39 is 47.1 Å². The Labute approximate surface area is 187 Å². The van der Waals surface area contributed by atoms with Gasteiger partial charge in [-0.1, -0.05) is 41.9 Å². The lowest BCUT2D eigenvalue weighted by Gasteiger charge is -2.14. The van der Waals surface area contributed by atoms with Crippen molar-refractivity contribution in [2.75, 3.05) is 6.54 Å². The van der Waals surface area contributed by atoms with E-state index in [0.717, 1.165) is 11.6 Å². The minimum atomic E-state index is -1.31. The summed E-state index contributed by atoms with van der Waals surface area (Å²) in [6.45, 7) is 0.845. The Hall–Kier alpha value is -3.99. The van der Waals surface area contributed by atoms with Crippen molar-refractivity contribution in [2.24, 2.45) is 0 Å². The summed E-state index contributed by atoms with van der Waals surface area (Å²) >= 11 is 5.68. The van der Waals surface area contributed by atoms with Gasteiger partial charge >= 0.3 is 12.0 Å². The number of benzene rings is 2. The van der Waals surface area contributed by atoms with Crippen molar-refractivity contribution in [3.8, 4) is 0 Å². The molecule has 0 spiro atoms. The third-order valence-electron chi connectivity index (χ3n) is 4.01. The van der Waals surface area contributed by atoms with Gasteiger partial charge in [-0.3, -0.25) is 29.8 Å². The number of hydrogen-bond acceptors (Lipinski definition) is 7. The number of nitro benzene ring substituents is 1. The Balaban J connectivity index is 1.77. The van der Waals surface area contributed by atoms with Gasteiger partial charge in [0.05, 0.1) is 4.92 Å². The number of carbonyl (C=O) groups is 4. The number of nitrogens with one attached hydrogen (secondary N) is 3. The van der Waals surface area contributed by atoms with Crippen molar-refractivity contribution < 1.29 is 28.8 Å². The number of nitrogens with zero attached hydrogens (tertiary/aromatic N) is 1. The zero-order valence-corrected chi connectivity index (χ0v) is 17.5. The highest BCUT2D eigenvalue weighted by Gasteiger charge is 2.21. The first kappa shape index (κ1) is 24.3. The maximum Gasteiger partial charge on any atom is 0.326 e. The molecular formula is C20H19ClN4O7. The number of ether oxygens (including phenoxy) is 1. The average molecular weight is 463 g/mol. The highest BCUT2D eigenvalue weighted by atomic mass is 35.5. The minimum Gasteiger partial charge on any atom is -0.451 e. The lowest BCUT2D eigenvalue weighted by atomic mass is 10.2. The molecule has 0 saturated carbocycles. The van der Waals surface area contributed by atoms with Gasteiger partial charge in [-0.15, -0.1) is 0 Å². The quantitative estimate of drug-likeness (QED) is 0.307. The predicted molar refractivity (Wildman–Crippen MR) is 113 cm³/mol. The molecule has 11 nitrogen and oxygen atoms in total. The topological polar surface area (TPSA) is 157 Å². The van der Waals surface area contributed by atoms with E-state index >= 15 is 0 Å². The Bertz CT molecular complexity index is 1030. The molecule has 0 aromatic heterocycles. The van der Waals surface area contributed by atoms with Gasteiger partial charge in [-0.25, -0.2) is 4.79 Å². The van der Waals surface area contributed by atoms with Gasteiger partial charge < -0.3 is 15.4 Å². The first-order valence-electron chi connectivity index (χ1n) is 9.21. The molecule has 3 N–H and O–H groups in total. The third-order valence-corrected chi connectivity index (χ3v) is 4.33. The highest BCUT2D eigenvalue weighted by molar-refractivity contribution is 6.32. The van der Waals surface area contributed by atoms with Gasteiger partial charge in [-0.2, -0.15) is 0 Å². The highest BCUT2D eigenvalue weighted by Crippen LogP contribution is 2.24. The van der Waals surface area contributed by atoms with Gasteiger partial charge in [0.25, 0.3) is 17.5 Å². The molecule has 0 radical (unpaired) electrons. The molecule has 0 aliphatic rings. The summed E-state index contributed by atoms with van der Waals surface area (Å²) < 4.78 is 4.87. The van der Waals surface area contributed by atoms with Crippen LogP contribution >= 0.6 is 11.6 Å². The molecule has 0 aliphatic carbocycles. The van der Waals surface area contributed by atoms with E-state index in [1.165, 1.54) is 19.1 Å². The SMILES string of the molecule is CC(OC(=O)CNC(=O)c1ccc(Cl)c([N+](=O)[O-])c1)C(=O)NC(=O)NCc1ccccc1. The molecule has 4 amide bonds. The summed E-state index contributed by atoms with van der Waals surface area (Å²) in [5.74, 6) is -2.59. The zero-order valence-electron chi connectivity index (χ0n) is 16.8. The second-order valence-corrected chi connectivity index (χ2v) is 6.80. The van der Waals surface area contributed by atoms with Gasteiger partial charge in [0.1, 0.15) is 11.6 Å². The molecule has 0 bridgehead atoms. The Morgan fingerprint density at radius 1 is 1.09 bits per heavy atom. The fourth-order valence-electron chi connectivity index (χ4n) is 2.38. The van der Waals surface area contributed by atoms with Crippen LogP contribution in [0.2, 0.25) is 5.02 Å². The monoisotopic (exact) mass is 462 g/mol. The summed E-state index contributed by atoms with van der Waals surface area (Å²) in [5.41, 5.74) is 0.281. The molecule has 168 valence electrons. The lowest BCUT2D eigenvalue weighted by Crippen LogP contribution is -2.45. The maximum absolute atomic E-state index is 12.1. The average Bonchev–Trinajstić information content (AvgIpc) is 2.76. The van der Waals surface area contributed by atoms with Crippen molar-refractivity contribution in [1.29, 1.82) is 0 Å². The zero-order chi connectivity index (χ0) is 23.7. The van der Waals surface area contributed by atoms with E-state index in [1.54, 1.807) is 24.3 Å². The Kier molecular flexibility index (Phi) is 8.66. The van der Waals surface area contributed by atoms with Gasteiger partial charge in [0.15, 0.2) is 6.10 Å². The Morgan fingerprint density at radius 2 is 1.78 bits per heavy atom. The third kappa shape index (κ3) is 7.36. The standard InChI is InChI=1S/C20H19ClN4O7/c1-12(18(27)24-20(29)23-10-13-5-3-2-4-6-13)32-17(26)11-22-19(28)14-7-8-15(21)16(9-14)25(30)31/h2-9,12H,10-11H2,1H3,(H,22,28)(H2,23,24,27,29). The van der Waals surface area contributed by atoms with Crippen molar-refractivity contribution in [2.45, 2.75) is 19.6 Å². The number of amides is 4. The van der Waals surface area contributed by atoms with Crippen molar-refractivity contribution >= 4 is 41.1 Å². The Morgan fingerprint density at radius 3 is 2.44 bits per heavy atom. The first-order chi connectivity index (χ1) is 15.2. The number of rotatable bonds is 8. The number of esters is 1. The van der Waals surface area contributed by atoms with E-state index in [4.69, 9.17) is 16.3 Å². The summed E-state index contributed by atoms with van der Waals surface area (Å²) in [6, 6.07) is 11.6.